The molecule has 2 amide bonds. The standard InChI is InChI=1S/C39H57N3O12/c1-38(2,3)53-36(46)34(51-24-23-50-22-21-49-20-19-48-18-17-40)33(44)30(25-28-13-9-7-10-14-28)41-35(45)31(42-37(47)54-39(4,5)6)26-32(43)52-27-29-15-11-8-12-16-29/h7-16,30-31,34H,17-27,40H2,1-6H3,(H,41,45)(H,42,47)/t30-,31-,34?/m0/s1. The Morgan fingerprint density at radius 3 is 1.70 bits per heavy atom. The topological polar surface area (TPSA) is 200 Å². The summed E-state index contributed by atoms with van der Waals surface area (Å²) in [4.78, 5) is 67.3. The van der Waals surface area contributed by atoms with Gasteiger partial charge in [-0.25, -0.2) is 9.59 Å². The molecule has 0 bridgehead atoms. The highest BCUT2D eigenvalue weighted by molar-refractivity contribution is 6.06. The van der Waals surface area contributed by atoms with E-state index in [2.05, 4.69) is 10.6 Å². The SMILES string of the molecule is CC(C)(C)OC(=O)N[C@@H](CC(=O)OCc1ccccc1)C(=O)N[C@@H](Cc1ccccc1)C(=O)C(OCCOCCOCCOCCN)C(=O)OC(C)(C)C. The minimum absolute atomic E-state index is 0.0162. The number of nitrogens with two attached hydrogens (primary N) is 1. The Morgan fingerprint density at radius 1 is 0.648 bits per heavy atom. The van der Waals surface area contributed by atoms with E-state index in [1.807, 2.05) is 6.07 Å². The van der Waals surface area contributed by atoms with Crippen LogP contribution in [0.15, 0.2) is 60.7 Å². The van der Waals surface area contributed by atoms with Crippen molar-refractivity contribution in [3.63, 3.8) is 0 Å². The first kappa shape index (κ1) is 45.7. The maximum atomic E-state index is 14.2. The average molecular weight is 760 g/mol. The van der Waals surface area contributed by atoms with Gasteiger partial charge >= 0.3 is 18.0 Å². The Hall–Kier alpha value is -4.41. The summed E-state index contributed by atoms with van der Waals surface area (Å²) in [5.41, 5.74) is 4.86. The molecule has 15 nitrogen and oxygen atoms in total. The van der Waals surface area contributed by atoms with Crippen LogP contribution in [0.4, 0.5) is 4.79 Å². The number of nitrogens with one attached hydrogen (secondary N) is 2. The Labute approximate surface area is 317 Å². The number of alkyl carbamates (subject to hydrolysis) is 1. The first-order valence-corrected chi connectivity index (χ1v) is 17.9. The minimum Gasteiger partial charge on any atom is -0.461 e. The van der Waals surface area contributed by atoms with Crippen molar-refractivity contribution in [2.24, 2.45) is 5.73 Å². The van der Waals surface area contributed by atoms with Gasteiger partial charge in [-0.3, -0.25) is 14.4 Å². The second kappa shape index (κ2) is 24.1. The first-order chi connectivity index (χ1) is 25.6. The zero-order valence-corrected chi connectivity index (χ0v) is 32.3. The zero-order chi connectivity index (χ0) is 40.0. The Kier molecular flexibility index (Phi) is 20.4. The van der Waals surface area contributed by atoms with E-state index in [1.165, 1.54) is 0 Å². The molecule has 0 heterocycles. The van der Waals surface area contributed by atoms with Gasteiger partial charge in [0.2, 0.25) is 12.0 Å². The van der Waals surface area contributed by atoms with E-state index in [9.17, 15) is 24.0 Å². The van der Waals surface area contributed by atoms with Crippen molar-refractivity contribution in [3.8, 4) is 0 Å². The molecular formula is C39H57N3O12. The van der Waals surface area contributed by atoms with Crippen molar-refractivity contribution in [1.82, 2.24) is 10.6 Å². The van der Waals surface area contributed by atoms with Gasteiger partial charge in [0.05, 0.1) is 58.7 Å². The molecule has 4 N–H and O–H groups in total. The maximum Gasteiger partial charge on any atom is 0.408 e. The molecule has 0 aromatic heterocycles. The third kappa shape index (κ3) is 20.2. The third-order valence-corrected chi connectivity index (χ3v) is 6.96. The number of carbonyl (C=O) groups is 5. The molecule has 0 aliphatic carbocycles. The maximum absolute atomic E-state index is 14.2. The number of Topliss-reactive ketones (excluding diaryl/α,β-unsaturated/α-hetero) is 1. The van der Waals surface area contributed by atoms with Crippen molar-refractivity contribution in [1.29, 1.82) is 0 Å². The minimum atomic E-state index is -1.76. The molecule has 0 saturated heterocycles. The zero-order valence-electron chi connectivity index (χ0n) is 32.3. The fraction of sp³-hybridized carbons (Fsp3) is 0.564. The van der Waals surface area contributed by atoms with E-state index in [0.29, 0.717) is 31.9 Å². The average Bonchev–Trinajstić information content (AvgIpc) is 3.09. The number of carbonyl (C=O) groups excluding carboxylic acids is 5. The van der Waals surface area contributed by atoms with Crippen LogP contribution in [0.5, 0.6) is 0 Å². The summed E-state index contributed by atoms with van der Waals surface area (Å²) in [6.45, 7) is 11.8. The van der Waals surface area contributed by atoms with Crippen LogP contribution in [0.2, 0.25) is 0 Å². The summed E-state index contributed by atoms with van der Waals surface area (Å²) in [6, 6.07) is 14.8. The van der Waals surface area contributed by atoms with Crippen LogP contribution in [-0.2, 0) is 65.4 Å². The molecule has 0 aliphatic rings. The molecule has 0 fully saturated rings. The summed E-state index contributed by atoms with van der Waals surface area (Å²) < 4.78 is 38.2. The number of esters is 2. The molecule has 15 heteroatoms. The van der Waals surface area contributed by atoms with Crippen LogP contribution in [0, 0.1) is 0 Å². The lowest BCUT2D eigenvalue weighted by molar-refractivity contribution is -0.173. The molecular weight excluding hydrogens is 702 g/mol. The monoisotopic (exact) mass is 759 g/mol. The lowest BCUT2D eigenvalue weighted by Crippen LogP contribution is -2.56. The molecule has 54 heavy (non-hydrogen) atoms. The van der Waals surface area contributed by atoms with Crippen molar-refractivity contribution < 1.29 is 57.1 Å². The summed E-state index contributed by atoms with van der Waals surface area (Å²) in [5, 5.41) is 5.06. The quantitative estimate of drug-likeness (QED) is 0.0611. The van der Waals surface area contributed by atoms with Gasteiger partial charge in [0, 0.05) is 6.54 Å². The molecule has 3 atom stereocenters. The Bertz CT molecular complexity index is 1430. The normalized spacial score (nSPS) is 13.2. The molecule has 300 valence electrons. The van der Waals surface area contributed by atoms with Crippen LogP contribution in [-0.4, -0.2) is 112 Å². The molecule has 0 aliphatic heterocycles. The van der Waals surface area contributed by atoms with Gasteiger partial charge in [0.15, 0.2) is 5.78 Å². The number of rotatable bonds is 24. The summed E-state index contributed by atoms with van der Waals surface area (Å²) >= 11 is 0. The van der Waals surface area contributed by atoms with Gasteiger partial charge in [-0.15, -0.1) is 0 Å². The summed E-state index contributed by atoms with van der Waals surface area (Å²) in [7, 11) is 0. The Morgan fingerprint density at radius 2 is 1.17 bits per heavy atom. The molecule has 2 rings (SSSR count). The number of benzene rings is 2. The van der Waals surface area contributed by atoms with Crippen LogP contribution in [0.1, 0.15) is 59.1 Å². The van der Waals surface area contributed by atoms with E-state index in [4.69, 9.17) is 38.9 Å². The molecule has 0 radical (unpaired) electrons. The van der Waals surface area contributed by atoms with E-state index < -0.39 is 65.5 Å². The predicted octanol–water partition coefficient (Wildman–Crippen LogP) is 3.05. The van der Waals surface area contributed by atoms with Gasteiger partial charge in [-0.1, -0.05) is 60.7 Å². The fourth-order valence-electron chi connectivity index (χ4n) is 4.62. The van der Waals surface area contributed by atoms with Crippen LogP contribution in [0.3, 0.4) is 0 Å². The van der Waals surface area contributed by atoms with Crippen molar-refractivity contribution in [3.05, 3.63) is 71.8 Å². The van der Waals surface area contributed by atoms with Crippen LogP contribution < -0.4 is 16.4 Å². The number of ether oxygens (including phenoxy) is 7. The fourth-order valence-corrected chi connectivity index (χ4v) is 4.62. The number of ketones is 1. The van der Waals surface area contributed by atoms with Crippen molar-refractivity contribution in [2.45, 2.75) is 90.4 Å². The number of amides is 2. The van der Waals surface area contributed by atoms with Gasteiger partial charge < -0.3 is 49.5 Å². The molecule has 2 aromatic rings. The largest absolute Gasteiger partial charge is 0.461 e. The number of hydrogen-bond acceptors (Lipinski definition) is 13. The van der Waals surface area contributed by atoms with E-state index in [-0.39, 0.29) is 39.5 Å². The van der Waals surface area contributed by atoms with Crippen molar-refractivity contribution >= 4 is 29.7 Å². The third-order valence-electron chi connectivity index (χ3n) is 6.96. The van der Waals surface area contributed by atoms with E-state index >= 15 is 0 Å². The van der Waals surface area contributed by atoms with E-state index in [1.54, 1.807) is 96.1 Å². The van der Waals surface area contributed by atoms with Gasteiger partial charge in [-0.2, -0.15) is 0 Å². The first-order valence-electron chi connectivity index (χ1n) is 17.9. The second-order valence-corrected chi connectivity index (χ2v) is 14.1. The second-order valence-electron chi connectivity index (χ2n) is 14.1. The number of hydrogen-bond donors (Lipinski definition) is 3. The van der Waals surface area contributed by atoms with Gasteiger partial charge in [-0.05, 0) is 59.1 Å². The highest BCUT2D eigenvalue weighted by Crippen LogP contribution is 2.15. The Balaban J connectivity index is 2.25. The van der Waals surface area contributed by atoms with E-state index in [0.717, 1.165) is 5.56 Å². The summed E-state index contributed by atoms with van der Waals surface area (Å²) in [6.07, 6.45) is -3.37. The lowest BCUT2D eigenvalue weighted by atomic mass is 9.98. The molecule has 0 spiro atoms. The highest BCUT2D eigenvalue weighted by Gasteiger charge is 2.39. The van der Waals surface area contributed by atoms with Crippen molar-refractivity contribution in [2.75, 3.05) is 52.8 Å². The highest BCUT2D eigenvalue weighted by atomic mass is 16.6. The summed E-state index contributed by atoms with van der Waals surface area (Å²) in [5.74, 6) is -3.47. The smallest absolute Gasteiger partial charge is 0.408 e. The van der Waals surface area contributed by atoms with Gasteiger partial charge in [0.25, 0.3) is 0 Å². The van der Waals surface area contributed by atoms with Gasteiger partial charge in [0.1, 0.15) is 23.9 Å². The molecule has 0 saturated carbocycles. The van der Waals surface area contributed by atoms with Crippen LogP contribution >= 0.6 is 0 Å². The molecule has 1 unspecified atom stereocenters. The lowest BCUT2D eigenvalue weighted by Gasteiger charge is -2.28. The van der Waals surface area contributed by atoms with Crippen LogP contribution in [0.25, 0.3) is 0 Å². The predicted molar refractivity (Wildman–Crippen MR) is 198 cm³/mol. The molecule has 2 aromatic carbocycles.